The molecular weight excluding hydrogens is 404 g/mol. The molecule has 2 aromatic carbocycles. The third kappa shape index (κ3) is 4.98. The average molecular weight is 429 g/mol. The summed E-state index contributed by atoms with van der Waals surface area (Å²) < 4.78 is 54.5. The molecule has 1 aliphatic rings. The minimum Gasteiger partial charge on any atom is -0.206 e. The number of benzene rings is 2. The van der Waals surface area contributed by atoms with Crippen molar-refractivity contribution in [2.45, 2.75) is 57.2 Å². The van der Waals surface area contributed by atoms with Gasteiger partial charge in [0.05, 0.1) is 0 Å². The fourth-order valence-electron chi connectivity index (χ4n) is 4.21. The fourth-order valence-corrected chi connectivity index (χ4v) is 8.93. The molecule has 0 atom stereocenters. The van der Waals surface area contributed by atoms with Gasteiger partial charge in [-0.25, -0.2) is 17.6 Å². The van der Waals surface area contributed by atoms with E-state index in [9.17, 15) is 17.6 Å². The zero-order chi connectivity index (χ0) is 20.3. The zero-order valence-electron chi connectivity index (χ0n) is 16.0. The molecule has 1 aliphatic heterocycles. The smallest absolute Gasteiger partial charge is 0.194 e. The minimum atomic E-state index is -1.55. The highest BCUT2D eigenvalue weighted by atomic mass is 35.6. The summed E-state index contributed by atoms with van der Waals surface area (Å²) in [4.78, 5) is 0. The molecule has 0 unspecified atom stereocenters. The maximum Gasteiger partial charge on any atom is 0.194 e. The Hall–Kier alpha value is -1.33. The second kappa shape index (κ2) is 9.00. The van der Waals surface area contributed by atoms with Gasteiger partial charge in [-0.1, -0.05) is 38.3 Å². The van der Waals surface area contributed by atoms with Gasteiger partial charge >= 0.3 is 0 Å². The molecule has 0 amide bonds. The van der Waals surface area contributed by atoms with E-state index in [2.05, 4.69) is 6.92 Å². The first-order valence-electron chi connectivity index (χ1n) is 9.93. The van der Waals surface area contributed by atoms with E-state index >= 15 is 0 Å². The Kier molecular flexibility index (Phi) is 6.87. The van der Waals surface area contributed by atoms with Crippen LogP contribution in [0.5, 0.6) is 0 Å². The van der Waals surface area contributed by atoms with E-state index < -0.39 is 30.7 Å². The maximum absolute atomic E-state index is 14.5. The molecule has 0 aromatic heterocycles. The van der Waals surface area contributed by atoms with E-state index in [0.29, 0.717) is 5.92 Å². The molecule has 0 bridgehead atoms. The molecule has 152 valence electrons. The summed E-state index contributed by atoms with van der Waals surface area (Å²) >= 11 is 6.80. The van der Waals surface area contributed by atoms with Crippen molar-refractivity contribution in [3.8, 4) is 11.1 Å². The van der Waals surface area contributed by atoms with E-state index in [1.165, 1.54) is 30.3 Å². The van der Waals surface area contributed by atoms with Gasteiger partial charge in [0.15, 0.2) is 24.8 Å². The molecule has 28 heavy (non-hydrogen) atoms. The van der Waals surface area contributed by atoms with Gasteiger partial charge in [-0.2, -0.15) is 11.1 Å². The summed E-state index contributed by atoms with van der Waals surface area (Å²) in [6.45, 7) is 2.19. The van der Waals surface area contributed by atoms with Gasteiger partial charge in [-0.3, -0.25) is 0 Å². The molecular formula is C22H25ClF4Si. The fraction of sp³-hybridized carbons (Fsp3) is 0.455. The molecule has 6 heteroatoms. The molecule has 2 aromatic rings. The standard InChI is InChI=1S/C22H25ClF4Si/c1-2-9-28(23)10-7-15(8-11-28)3-4-16-5-6-18(19(24)12-16)17-13-20(25)22(27)21(26)14-17/h5-6,12-15H,2-4,7-11H2,1H3. The van der Waals surface area contributed by atoms with Crippen molar-refractivity contribution in [2.24, 2.45) is 5.92 Å². The number of halogens is 5. The molecule has 0 radical (unpaired) electrons. The molecule has 0 saturated carbocycles. The summed E-state index contributed by atoms with van der Waals surface area (Å²) in [7, 11) is -1.53. The third-order valence-corrected chi connectivity index (χ3v) is 11.3. The largest absolute Gasteiger partial charge is 0.206 e. The van der Waals surface area contributed by atoms with E-state index in [1.807, 2.05) is 0 Å². The Labute approximate surface area is 169 Å². The van der Waals surface area contributed by atoms with Crippen molar-refractivity contribution in [2.75, 3.05) is 0 Å². The Morgan fingerprint density at radius 2 is 1.61 bits per heavy atom. The highest BCUT2D eigenvalue weighted by Crippen LogP contribution is 2.40. The quantitative estimate of drug-likeness (QED) is 0.190. The van der Waals surface area contributed by atoms with Crippen molar-refractivity contribution in [3.63, 3.8) is 0 Å². The van der Waals surface area contributed by atoms with Gasteiger partial charge in [-0.15, -0.1) is 0 Å². The van der Waals surface area contributed by atoms with Crippen LogP contribution in [0.2, 0.25) is 18.1 Å². The van der Waals surface area contributed by atoms with Crippen LogP contribution in [0.4, 0.5) is 17.6 Å². The summed E-state index contributed by atoms with van der Waals surface area (Å²) in [5.74, 6) is -4.12. The molecule has 1 saturated heterocycles. The molecule has 0 nitrogen and oxygen atoms in total. The van der Waals surface area contributed by atoms with Crippen LogP contribution in [0.25, 0.3) is 11.1 Å². The van der Waals surface area contributed by atoms with Gasteiger partial charge in [0.1, 0.15) is 5.82 Å². The van der Waals surface area contributed by atoms with E-state index in [1.54, 1.807) is 6.07 Å². The van der Waals surface area contributed by atoms with Crippen LogP contribution in [0, 0.1) is 29.2 Å². The highest BCUT2D eigenvalue weighted by molar-refractivity contribution is 7.20. The second-order valence-electron chi connectivity index (χ2n) is 7.95. The predicted octanol–water partition coefficient (Wildman–Crippen LogP) is 7.85. The van der Waals surface area contributed by atoms with Crippen molar-refractivity contribution in [3.05, 3.63) is 59.2 Å². The van der Waals surface area contributed by atoms with Crippen LogP contribution in [0.3, 0.4) is 0 Å². The third-order valence-electron chi connectivity index (χ3n) is 5.87. The van der Waals surface area contributed by atoms with Crippen LogP contribution in [-0.4, -0.2) is 7.38 Å². The monoisotopic (exact) mass is 428 g/mol. The number of hydrogen-bond donors (Lipinski definition) is 0. The first kappa shape index (κ1) is 21.4. The highest BCUT2D eigenvalue weighted by Gasteiger charge is 2.34. The Balaban J connectivity index is 1.62. The Morgan fingerprint density at radius 3 is 2.18 bits per heavy atom. The zero-order valence-corrected chi connectivity index (χ0v) is 17.8. The summed E-state index contributed by atoms with van der Waals surface area (Å²) in [5, 5.41) is 0. The van der Waals surface area contributed by atoms with Crippen molar-refractivity contribution >= 4 is 18.5 Å². The van der Waals surface area contributed by atoms with E-state index in [-0.39, 0.29) is 11.1 Å². The molecule has 0 N–H and O–H groups in total. The minimum absolute atomic E-state index is 0.00735. The van der Waals surface area contributed by atoms with Gasteiger partial charge in [0.2, 0.25) is 0 Å². The Bertz CT molecular complexity index is 808. The van der Waals surface area contributed by atoms with Crippen molar-refractivity contribution < 1.29 is 17.6 Å². The van der Waals surface area contributed by atoms with Crippen LogP contribution in [0.1, 0.15) is 38.2 Å². The molecule has 3 rings (SSSR count). The average Bonchev–Trinajstić information content (AvgIpc) is 2.65. The summed E-state index contributed by atoms with van der Waals surface area (Å²) in [6, 6.07) is 9.86. The lowest BCUT2D eigenvalue weighted by atomic mass is 9.93. The normalized spacial score (nSPS) is 22.4. The van der Waals surface area contributed by atoms with Gasteiger partial charge < -0.3 is 0 Å². The SMILES string of the molecule is CCC[Si]1(Cl)CCC(CCc2ccc(-c3cc(F)c(F)c(F)c3)c(F)c2)CC1. The maximum atomic E-state index is 14.5. The second-order valence-corrected chi connectivity index (χ2v) is 14.2. The lowest BCUT2D eigenvalue weighted by Gasteiger charge is -2.33. The van der Waals surface area contributed by atoms with Gasteiger partial charge in [0, 0.05) is 5.56 Å². The first-order valence-corrected chi connectivity index (χ1v) is 13.6. The van der Waals surface area contributed by atoms with Gasteiger partial charge in [0.25, 0.3) is 0 Å². The van der Waals surface area contributed by atoms with Crippen LogP contribution in [0.15, 0.2) is 30.3 Å². The Morgan fingerprint density at radius 1 is 0.964 bits per heavy atom. The molecule has 1 fully saturated rings. The first-order chi connectivity index (χ1) is 13.3. The van der Waals surface area contributed by atoms with Crippen molar-refractivity contribution in [1.82, 2.24) is 0 Å². The topological polar surface area (TPSA) is 0 Å². The van der Waals surface area contributed by atoms with Crippen LogP contribution >= 0.6 is 11.1 Å². The summed E-state index contributed by atoms with van der Waals surface area (Å²) in [6.07, 6.45) is 5.23. The predicted molar refractivity (Wildman–Crippen MR) is 109 cm³/mol. The van der Waals surface area contributed by atoms with Crippen LogP contribution < -0.4 is 0 Å². The van der Waals surface area contributed by atoms with Crippen molar-refractivity contribution in [1.29, 1.82) is 0 Å². The lowest BCUT2D eigenvalue weighted by molar-refractivity contribution is 0.435. The lowest BCUT2D eigenvalue weighted by Crippen LogP contribution is -2.32. The van der Waals surface area contributed by atoms with E-state index in [4.69, 9.17) is 11.1 Å². The van der Waals surface area contributed by atoms with Gasteiger partial charge in [-0.05, 0) is 66.2 Å². The number of hydrogen-bond acceptors (Lipinski definition) is 0. The number of aryl methyl sites for hydroxylation is 1. The number of rotatable bonds is 6. The molecule has 0 aliphatic carbocycles. The molecule has 0 spiro atoms. The van der Waals surface area contributed by atoms with Crippen LogP contribution in [-0.2, 0) is 6.42 Å². The molecule has 1 heterocycles. The van der Waals surface area contributed by atoms with E-state index in [0.717, 1.165) is 49.8 Å². The summed E-state index contributed by atoms with van der Waals surface area (Å²) in [5.41, 5.74) is 0.918.